The van der Waals surface area contributed by atoms with Gasteiger partial charge in [-0.05, 0) is 36.6 Å². The fourth-order valence-corrected chi connectivity index (χ4v) is 3.18. The van der Waals surface area contributed by atoms with Gasteiger partial charge in [-0.15, -0.1) is 0 Å². The molecule has 1 aromatic carbocycles. The topological polar surface area (TPSA) is 82.2 Å². The largest absolute Gasteiger partial charge is 0.343 e. The average molecular weight is 386 g/mol. The zero-order valence-electron chi connectivity index (χ0n) is 17.0. The molecule has 0 aromatic heterocycles. The molecule has 7 nitrogen and oxygen atoms in total. The molecule has 7 heteroatoms. The van der Waals surface area contributed by atoms with Gasteiger partial charge in [0.1, 0.15) is 0 Å². The SMILES string of the molecule is C/C=C(\C=N/C(C)N1CCN(C=O)CC1)c1cccc(CN(C)C(=O)CN)c1. The van der Waals surface area contributed by atoms with E-state index in [1.807, 2.05) is 37.4 Å². The highest BCUT2D eigenvalue weighted by Crippen LogP contribution is 2.16. The van der Waals surface area contributed by atoms with Gasteiger partial charge in [0.2, 0.25) is 12.3 Å². The zero-order valence-corrected chi connectivity index (χ0v) is 17.0. The van der Waals surface area contributed by atoms with Crippen LogP contribution in [0.1, 0.15) is 25.0 Å². The molecule has 2 amide bonds. The van der Waals surface area contributed by atoms with E-state index >= 15 is 0 Å². The number of benzene rings is 1. The molecule has 1 aliphatic rings. The van der Waals surface area contributed by atoms with Gasteiger partial charge in [-0.25, -0.2) is 0 Å². The van der Waals surface area contributed by atoms with Crippen molar-refractivity contribution in [2.24, 2.45) is 10.7 Å². The van der Waals surface area contributed by atoms with E-state index in [4.69, 9.17) is 10.7 Å². The minimum Gasteiger partial charge on any atom is -0.343 e. The first-order valence-corrected chi connectivity index (χ1v) is 9.64. The molecule has 0 aliphatic carbocycles. The molecule has 0 bridgehead atoms. The molecule has 1 heterocycles. The molecule has 152 valence electrons. The van der Waals surface area contributed by atoms with Crippen LogP contribution < -0.4 is 5.73 Å². The summed E-state index contributed by atoms with van der Waals surface area (Å²) >= 11 is 0. The highest BCUT2D eigenvalue weighted by atomic mass is 16.2. The van der Waals surface area contributed by atoms with Crippen molar-refractivity contribution in [3.05, 3.63) is 41.5 Å². The molecule has 2 N–H and O–H groups in total. The molecule has 2 rings (SSSR count). The minimum atomic E-state index is -0.0817. The molecule has 1 saturated heterocycles. The Morgan fingerprint density at radius 1 is 1.32 bits per heavy atom. The normalized spacial score (nSPS) is 17.0. The Bertz CT molecular complexity index is 723. The first-order valence-electron chi connectivity index (χ1n) is 9.64. The van der Waals surface area contributed by atoms with Crippen LogP contribution >= 0.6 is 0 Å². The van der Waals surface area contributed by atoms with Crippen LogP contribution in [0, 0.1) is 0 Å². The number of hydrogen-bond acceptors (Lipinski definition) is 5. The van der Waals surface area contributed by atoms with Crippen LogP contribution in [0.4, 0.5) is 0 Å². The highest BCUT2D eigenvalue weighted by molar-refractivity contribution is 6.09. The van der Waals surface area contributed by atoms with E-state index in [-0.39, 0.29) is 18.6 Å². The van der Waals surface area contributed by atoms with Crippen molar-refractivity contribution in [1.82, 2.24) is 14.7 Å². The van der Waals surface area contributed by atoms with E-state index in [0.29, 0.717) is 6.54 Å². The maximum Gasteiger partial charge on any atom is 0.236 e. The van der Waals surface area contributed by atoms with Crippen LogP contribution in [0.5, 0.6) is 0 Å². The van der Waals surface area contributed by atoms with Crippen LogP contribution in [0.3, 0.4) is 0 Å². The van der Waals surface area contributed by atoms with Gasteiger partial charge in [-0.3, -0.25) is 19.5 Å². The lowest BCUT2D eigenvalue weighted by molar-refractivity contribution is -0.128. The number of nitrogens with zero attached hydrogens (tertiary/aromatic N) is 4. The van der Waals surface area contributed by atoms with Crippen molar-refractivity contribution >= 4 is 24.1 Å². The third-order valence-electron chi connectivity index (χ3n) is 5.05. The monoisotopic (exact) mass is 385 g/mol. The Morgan fingerprint density at radius 3 is 2.64 bits per heavy atom. The lowest BCUT2D eigenvalue weighted by atomic mass is 10.0. The number of likely N-dealkylation sites (N-methyl/N-ethyl adjacent to an activating group) is 1. The summed E-state index contributed by atoms with van der Waals surface area (Å²) in [5.74, 6) is -0.0817. The van der Waals surface area contributed by atoms with Gasteiger partial charge >= 0.3 is 0 Å². The summed E-state index contributed by atoms with van der Waals surface area (Å²) < 4.78 is 0. The van der Waals surface area contributed by atoms with Crippen molar-refractivity contribution in [2.75, 3.05) is 39.8 Å². The van der Waals surface area contributed by atoms with E-state index in [0.717, 1.165) is 49.3 Å². The Balaban J connectivity index is 2.03. The fourth-order valence-electron chi connectivity index (χ4n) is 3.18. The number of aliphatic imine (C=N–C) groups is 1. The van der Waals surface area contributed by atoms with Crippen LogP contribution in [-0.2, 0) is 16.1 Å². The third-order valence-corrected chi connectivity index (χ3v) is 5.05. The van der Waals surface area contributed by atoms with Crippen LogP contribution in [0.15, 0.2) is 35.3 Å². The van der Waals surface area contributed by atoms with Crippen molar-refractivity contribution < 1.29 is 9.59 Å². The highest BCUT2D eigenvalue weighted by Gasteiger charge is 2.19. The van der Waals surface area contributed by atoms with E-state index in [2.05, 4.69) is 17.9 Å². The fraction of sp³-hybridized carbons (Fsp3) is 0.476. The van der Waals surface area contributed by atoms with Crippen molar-refractivity contribution in [1.29, 1.82) is 0 Å². The zero-order chi connectivity index (χ0) is 20.5. The second kappa shape index (κ2) is 10.7. The van der Waals surface area contributed by atoms with Gasteiger partial charge in [-0.1, -0.05) is 24.3 Å². The maximum atomic E-state index is 11.7. The molecule has 0 spiro atoms. The first kappa shape index (κ1) is 21.8. The second-order valence-electron chi connectivity index (χ2n) is 6.99. The molecule has 1 aliphatic heterocycles. The molecule has 0 saturated carbocycles. The molecule has 1 atom stereocenters. The number of carbonyl (C=O) groups is 2. The summed E-state index contributed by atoms with van der Waals surface area (Å²) in [6.45, 7) is 7.76. The Hall–Kier alpha value is -2.51. The standard InChI is InChI=1S/C21H31N5O2/c1-4-19(14-23-17(2)26-10-8-25(16-27)9-11-26)20-7-5-6-18(12-20)15-24(3)21(28)13-22/h4-7,12,14,16-17H,8-11,13,15,22H2,1-3H3/b19-4+,23-14-. The number of amides is 2. The predicted octanol–water partition coefficient (Wildman–Crippen LogP) is 1.20. The molecule has 28 heavy (non-hydrogen) atoms. The summed E-state index contributed by atoms with van der Waals surface area (Å²) in [7, 11) is 1.76. The van der Waals surface area contributed by atoms with Crippen LogP contribution in [0.2, 0.25) is 0 Å². The van der Waals surface area contributed by atoms with Gasteiger partial charge in [0.05, 0.1) is 12.7 Å². The van der Waals surface area contributed by atoms with Crippen molar-refractivity contribution in [2.45, 2.75) is 26.6 Å². The van der Waals surface area contributed by atoms with Crippen LogP contribution in [-0.4, -0.2) is 79.2 Å². The number of allylic oxidation sites excluding steroid dienone is 2. The van der Waals surface area contributed by atoms with E-state index in [9.17, 15) is 9.59 Å². The van der Waals surface area contributed by atoms with Crippen molar-refractivity contribution in [3.63, 3.8) is 0 Å². The number of nitrogens with two attached hydrogens (primary N) is 1. The van der Waals surface area contributed by atoms with E-state index in [1.54, 1.807) is 16.8 Å². The lowest BCUT2D eigenvalue weighted by Crippen LogP contribution is -2.48. The van der Waals surface area contributed by atoms with Gasteiger partial charge < -0.3 is 15.5 Å². The molecule has 1 unspecified atom stereocenters. The average Bonchev–Trinajstić information content (AvgIpc) is 2.73. The van der Waals surface area contributed by atoms with Gasteiger partial charge in [0, 0.05) is 46.0 Å². The number of piperazine rings is 1. The summed E-state index contributed by atoms with van der Waals surface area (Å²) in [5, 5.41) is 0. The summed E-state index contributed by atoms with van der Waals surface area (Å²) in [4.78, 5) is 33.0. The van der Waals surface area contributed by atoms with Crippen molar-refractivity contribution in [3.8, 4) is 0 Å². The summed E-state index contributed by atoms with van der Waals surface area (Å²) in [6.07, 6.45) is 4.91. The maximum absolute atomic E-state index is 11.7. The summed E-state index contributed by atoms with van der Waals surface area (Å²) in [6, 6.07) is 8.12. The van der Waals surface area contributed by atoms with Crippen LogP contribution in [0.25, 0.3) is 5.57 Å². The molecule has 1 fully saturated rings. The summed E-state index contributed by atoms with van der Waals surface area (Å²) in [5.41, 5.74) is 8.58. The Morgan fingerprint density at radius 2 is 2.04 bits per heavy atom. The Labute approximate surface area is 167 Å². The Kier molecular flexibility index (Phi) is 8.35. The van der Waals surface area contributed by atoms with E-state index in [1.165, 1.54) is 0 Å². The molecule has 1 aromatic rings. The smallest absolute Gasteiger partial charge is 0.236 e. The molecule has 0 radical (unpaired) electrons. The minimum absolute atomic E-state index is 0.0158. The van der Waals surface area contributed by atoms with Gasteiger partial charge in [0.15, 0.2) is 0 Å². The first-order chi connectivity index (χ1) is 13.5. The van der Waals surface area contributed by atoms with Gasteiger partial charge in [0.25, 0.3) is 0 Å². The molecular formula is C21H31N5O2. The molecular weight excluding hydrogens is 354 g/mol. The quantitative estimate of drug-likeness (QED) is 0.538. The second-order valence-corrected chi connectivity index (χ2v) is 6.99. The number of carbonyl (C=O) groups excluding carboxylic acids is 2. The number of hydrogen-bond donors (Lipinski definition) is 1. The lowest BCUT2D eigenvalue weighted by Gasteiger charge is -2.34. The van der Waals surface area contributed by atoms with E-state index < -0.39 is 0 Å². The number of rotatable bonds is 8. The predicted molar refractivity (Wildman–Crippen MR) is 113 cm³/mol. The third kappa shape index (κ3) is 6.00. The van der Waals surface area contributed by atoms with Gasteiger partial charge in [-0.2, -0.15) is 0 Å².